The summed E-state index contributed by atoms with van der Waals surface area (Å²) < 4.78 is 8.62. The topological polar surface area (TPSA) is 58.9 Å². The zero-order chi connectivity index (χ0) is 13.4. The average molecular weight is 253 g/mol. The second kappa shape index (κ2) is 4.18. The van der Waals surface area contributed by atoms with Gasteiger partial charge in [0.05, 0.1) is 23.2 Å². The molecule has 0 atom stereocenters. The molecule has 0 amide bonds. The molecule has 3 aromatic heterocycles. The lowest BCUT2D eigenvalue weighted by molar-refractivity contribution is 0.0518. The Morgan fingerprint density at radius 1 is 1.42 bits per heavy atom. The number of esters is 1. The SMILES string of the molecule is CCOC(=O)c1cc(C#N)c2c3cccn3ccn12. The van der Waals surface area contributed by atoms with Crippen LogP contribution in [0.25, 0.3) is 11.0 Å². The fourth-order valence-corrected chi connectivity index (χ4v) is 2.25. The van der Waals surface area contributed by atoms with Crippen LogP contribution in [0, 0.1) is 11.3 Å². The van der Waals surface area contributed by atoms with Crippen molar-refractivity contribution in [2.24, 2.45) is 0 Å². The van der Waals surface area contributed by atoms with E-state index in [-0.39, 0.29) is 0 Å². The van der Waals surface area contributed by atoms with Gasteiger partial charge in [-0.3, -0.25) is 0 Å². The normalized spacial score (nSPS) is 10.7. The van der Waals surface area contributed by atoms with E-state index in [0.29, 0.717) is 17.9 Å². The summed E-state index contributed by atoms with van der Waals surface area (Å²) in [4.78, 5) is 11.9. The quantitative estimate of drug-likeness (QED) is 0.658. The predicted molar refractivity (Wildman–Crippen MR) is 69.0 cm³/mol. The molecule has 0 aliphatic carbocycles. The molecule has 0 bridgehead atoms. The average Bonchev–Trinajstić information content (AvgIpc) is 3.02. The van der Waals surface area contributed by atoms with Crippen LogP contribution in [0.5, 0.6) is 0 Å². The largest absolute Gasteiger partial charge is 0.461 e. The van der Waals surface area contributed by atoms with Crippen LogP contribution in [0.3, 0.4) is 0 Å². The lowest BCUT2D eigenvalue weighted by atomic mass is 10.2. The second-order valence-corrected chi connectivity index (χ2v) is 4.09. The first-order chi connectivity index (χ1) is 9.26. The van der Waals surface area contributed by atoms with Crippen LogP contribution in [0.2, 0.25) is 0 Å². The van der Waals surface area contributed by atoms with Crippen molar-refractivity contribution >= 4 is 17.0 Å². The summed E-state index contributed by atoms with van der Waals surface area (Å²) >= 11 is 0. The van der Waals surface area contributed by atoms with E-state index >= 15 is 0 Å². The van der Waals surface area contributed by atoms with Gasteiger partial charge in [-0.1, -0.05) is 0 Å². The molecule has 0 unspecified atom stereocenters. The Hall–Kier alpha value is -2.74. The highest BCUT2D eigenvalue weighted by atomic mass is 16.5. The van der Waals surface area contributed by atoms with E-state index in [2.05, 4.69) is 6.07 Å². The Kier molecular flexibility index (Phi) is 2.50. The fourth-order valence-electron chi connectivity index (χ4n) is 2.25. The Labute approximate surface area is 109 Å². The highest BCUT2D eigenvalue weighted by Gasteiger charge is 2.17. The van der Waals surface area contributed by atoms with Crippen LogP contribution < -0.4 is 0 Å². The van der Waals surface area contributed by atoms with Crippen LogP contribution >= 0.6 is 0 Å². The van der Waals surface area contributed by atoms with Gasteiger partial charge in [-0.25, -0.2) is 4.79 Å². The summed E-state index contributed by atoms with van der Waals surface area (Å²) in [6.45, 7) is 2.06. The monoisotopic (exact) mass is 253 g/mol. The third-order valence-electron chi connectivity index (χ3n) is 3.04. The number of hydrogen-bond donors (Lipinski definition) is 0. The van der Waals surface area contributed by atoms with E-state index in [1.54, 1.807) is 23.6 Å². The van der Waals surface area contributed by atoms with Crippen LogP contribution in [-0.2, 0) is 4.74 Å². The van der Waals surface area contributed by atoms with Crippen LogP contribution in [-0.4, -0.2) is 21.4 Å². The molecule has 0 radical (unpaired) electrons. The van der Waals surface area contributed by atoms with Gasteiger partial charge in [-0.2, -0.15) is 5.26 Å². The molecule has 5 heteroatoms. The van der Waals surface area contributed by atoms with Gasteiger partial charge in [0.25, 0.3) is 0 Å². The molecule has 3 aromatic rings. The van der Waals surface area contributed by atoms with Crippen molar-refractivity contribution in [3.8, 4) is 6.07 Å². The molecule has 0 fully saturated rings. The van der Waals surface area contributed by atoms with Gasteiger partial charge in [0.15, 0.2) is 0 Å². The maximum atomic E-state index is 11.9. The summed E-state index contributed by atoms with van der Waals surface area (Å²) in [6.07, 6.45) is 5.50. The van der Waals surface area contributed by atoms with Gasteiger partial charge in [0, 0.05) is 18.6 Å². The Balaban J connectivity index is 2.37. The molecule has 0 aromatic carbocycles. The maximum Gasteiger partial charge on any atom is 0.355 e. The lowest BCUT2D eigenvalue weighted by Crippen LogP contribution is -2.08. The first kappa shape index (κ1) is 11.4. The number of nitrogens with zero attached hydrogens (tertiary/aromatic N) is 3. The Bertz CT molecular complexity index is 820. The molecule has 0 aliphatic heterocycles. The van der Waals surface area contributed by atoms with Gasteiger partial charge in [0.2, 0.25) is 0 Å². The van der Waals surface area contributed by atoms with Crippen molar-refractivity contribution in [1.29, 1.82) is 5.26 Å². The van der Waals surface area contributed by atoms with Crippen LogP contribution in [0.15, 0.2) is 36.8 Å². The number of aromatic nitrogens is 2. The van der Waals surface area contributed by atoms with Gasteiger partial charge in [-0.05, 0) is 25.1 Å². The fraction of sp³-hybridized carbons (Fsp3) is 0.143. The standard InChI is InChI=1S/C14H11N3O2/c1-2-19-14(18)12-8-10(9-15)13-11-4-3-5-16(11)6-7-17(12)13/h3-8H,2H2,1H3. The van der Waals surface area contributed by atoms with Crippen molar-refractivity contribution < 1.29 is 9.53 Å². The zero-order valence-electron chi connectivity index (χ0n) is 10.3. The number of fused-ring (bicyclic) bond motifs is 3. The number of carbonyl (C=O) groups excluding carboxylic acids is 1. The number of nitriles is 1. The molecule has 0 N–H and O–H groups in total. The minimum absolute atomic E-state index is 0.307. The molecule has 0 saturated carbocycles. The van der Waals surface area contributed by atoms with Gasteiger partial charge >= 0.3 is 5.97 Å². The van der Waals surface area contributed by atoms with Crippen LogP contribution in [0.1, 0.15) is 23.0 Å². The molecule has 0 saturated heterocycles. The van der Waals surface area contributed by atoms with Crippen molar-refractivity contribution in [3.63, 3.8) is 0 Å². The summed E-state index contributed by atoms with van der Waals surface area (Å²) in [7, 11) is 0. The smallest absolute Gasteiger partial charge is 0.355 e. The molecular formula is C14H11N3O2. The van der Waals surface area contributed by atoms with Gasteiger partial charge in [-0.15, -0.1) is 0 Å². The first-order valence-corrected chi connectivity index (χ1v) is 5.94. The Morgan fingerprint density at radius 2 is 2.26 bits per heavy atom. The van der Waals surface area contributed by atoms with Crippen molar-refractivity contribution in [1.82, 2.24) is 8.80 Å². The van der Waals surface area contributed by atoms with Crippen molar-refractivity contribution in [3.05, 3.63) is 48.0 Å². The van der Waals surface area contributed by atoms with E-state index in [0.717, 1.165) is 11.0 Å². The third kappa shape index (κ3) is 1.58. The number of hydrogen-bond acceptors (Lipinski definition) is 3. The molecule has 5 nitrogen and oxygen atoms in total. The van der Waals surface area contributed by atoms with Crippen LogP contribution in [0.4, 0.5) is 0 Å². The van der Waals surface area contributed by atoms with E-state index in [1.165, 1.54) is 0 Å². The molecule has 0 spiro atoms. The van der Waals surface area contributed by atoms with E-state index in [1.807, 2.05) is 28.9 Å². The lowest BCUT2D eigenvalue weighted by Gasteiger charge is -2.04. The van der Waals surface area contributed by atoms with Crippen molar-refractivity contribution in [2.45, 2.75) is 6.92 Å². The van der Waals surface area contributed by atoms with E-state index < -0.39 is 5.97 Å². The Morgan fingerprint density at radius 3 is 3.00 bits per heavy atom. The van der Waals surface area contributed by atoms with Gasteiger partial charge in [0.1, 0.15) is 11.8 Å². The highest BCUT2D eigenvalue weighted by Crippen LogP contribution is 2.22. The summed E-state index contributed by atoms with van der Waals surface area (Å²) in [5.74, 6) is -0.421. The molecular weight excluding hydrogens is 242 g/mol. The van der Waals surface area contributed by atoms with E-state index in [4.69, 9.17) is 4.74 Å². The molecule has 0 aliphatic rings. The molecule has 3 rings (SSSR count). The second-order valence-electron chi connectivity index (χ2n) is 4.09. The van der Waals surface area contributed by atoms with E-state index in [9.17, 15) is 10.1 Å². The zero-order valence-corrected chi connectivity index (χ0v) is 10.3. The number of ether oxygens (including phenoxy) is 1. The molecule has 94 valence electrons. The summed E-state index contributed by atoms with van der Waals surface area (Å²) in [5.41, 5.74) is 2.44. The maximum absolute atomic E-state index is 11.9. The summed E-state index contributed by atoms with van der Waals surface area (Å²) in [5, 5.41) is 9.23. The minimum Gasteiger partial charge on any atom is -0.461 e. The number of rotatable bonds is 2. The molecule has 3 heterocycles. The first-order valence-electron chi connectivity index (χ1n) is 5.94. The minimum atomic E-state index is -0.421. The van der Waals surface area contributed by atoms with Gasteiger partial charge < -0.3 is 13.5 Å². The molecule has 19 heavy (non-hydrogen) atoms. The summed E-state index contributed by atoms with van der Waals surface area (Å²) in [6, 6.07) is 7.50. The third-order valence-corrected chi connectivity index (χ3v) is 3.04. The highest BCUT2D eigenvalue weighted by molar-refractivity contribution is 5.94. The van der Waals surface area contributed by atoms with Crippen molar-refractivity contribution in [2.75, 3.05) is 6.61 Å². The number of carbonyl (C=O) groups is 1. The predicted octanol–water partition coefficient (Wildman–Crippen LogP) is 2.24.